The van der Waals surface area contributed by atoms with Crippen LogP contribution in [0.5, 0.6) is 0 Å². The van der Waals surface area contributed by atoms with Gasteiger partial charge in [0.25, 0.3) is 5.91 Å². The lowest BCUT2D eigenvalue weighted by atomic mass is 9.98. The molecule has 5 nitrogen and oxygen atoms in total. The number of para-hydroxylation sites is 2. The highest BCUT2D eigenvalue weighted by Crippen LogP contribution is 2.25. The quantitative estimate of drug-likeness (QED) is 0.688. The Labute approximate surface area is 149 Å². The van der Waals surface area contributed by atoms with Crippen molar-refractivity contribution < 1.29 is 4.79 Å². The number of nitrogens with zero attached hydrogens (tertiary/aromatic N) is 2. The summed E-state index contributed by atoms with van der Waals surface area (Å²) in [6.07, 6.45) is 4.15. The minimum Gasteiger partial charge on any atom is -0.342 e. The lowest BCUT2D eigenvalue weighted by Crippen LogP contribution is -2.33. The molecule has 1 amide bonds. The molecular weight excluding hydrogens is 368 g/mol. The molecule has 6 heteroatoms. The van der Waals surface area contributed by atoms with Crippen molar-refractivity contribution in [2.45, 2.75) is 26.3 Å². The summed E-state index contributed by atoms with van der Waals surface area (Å²) in [6.45, 7) is 4.21. The smallest absolute Gasteiger partial charge is 0.253 e. The van der Waals surface area contributed by atoms with Gasteiger partial charge in [0, 0.05) is 16.9 Å². The third-order valence-corrected chi connectivity index (χ3v) is 4.60. The number of rotatable bonds is 5. The number of hydrogen-bond donors (Lipinski definition) is 2. The van der Waals surface area contributed by atoms with Gasteiger partial charge in [0.15, 0.2) is 0 Å². The summed E-state index contributed by atoms with van der Waals surface area (Å²) in [7, 11) is 0. The zero-order valence-electron chi connectivity index (χ0n) is 13.6. The molecule has 2 aromatic heterocycles. The summed E-state index contributed by atoms with van der Waals surface area (Å²) in [6, 6.07) is 9.44. The summed E-state index contributed by atoms with van der Waals surface area (Å²) < 4.78 is 0.777. The first-order valence-corrected chi connectivity index (χ1v) is 8.74. The molecule has 0 aliphatic carbocycles. The van der Waals surface area contributed by atoms with Gasteiger partial charge in [0.2, 0.25) is 0 Å². The maximum atomic E-state index is 12.6. The number of carbonyl (C=O) groups is 1. The molecule has 0 spiro atoms. The molecule has 2 N–H and O–H groups in total. The van der Waals surface area contributed by atoms with Crippen LogP contribution in [0.1, 0.15) is 42.5 Å². The SMILES string of the molecule is CC[C@H](C)[C@@H](NC(=O)c1cncc(Br)c1)c1nc2ccccc2[nH]1. The largest absolute Gasteiger partial charge is 0.342 e. The minimum atomic E-state index is -0.186. The number of aromatic amines is 1. The molecule has 0 bridgehead atoms. The first-order valence-electron chi connectivity index (χ1n) is 7.94. The number of carbonyl (C=O) groups excluding carboxylic acids is 1. The Kier molecular flexibility index (Phi) is 4.94. The van der Waals surface area contributed by atoms with E-state index < -0.39 is 0 Å². The van der Waals surface area contributed by atoms with Crippen molar-refractivity contribution in [3.8, 4) is 0 Å². The number of aromatic nitrogens is 3. The van der Waals surface area contributed by atoms with Crippen LogP contribution in [0, 0.1) is 5.92 Å². The highest BCUT2D eigenvalue weighted by atomic mass is 79.9. The summed E-state index contributed by atoms with van der Waals surface area (Å²) in [5.74, 6) is 0.867. The number of nitrogens with one attached hydrogen (secondary N) is 2. The van der Waals surface area contributed by atoms with Crippen molar-refractivity contribution in [2.24, 2.45) is 5.92 Å². The topological polar surface area (TPSA) is 70.7 Å². The Morgan fingerprint density at radius 1 is 1.33 bits per heavy atom. The number of imidazole rings is 1. The Bertz CT molecular complexity index is 828. The minimum absolute atomic E-state index is 0.158. The Morgan fingerprint density at radius 3 is 2.83 bits per heavy atom. The lowest BCUT2D eigenvalue weighted by Gasteiger charge is -2.22. The first kappa shape index (κ1) is 16.6. The van der Waals surface area contributed by atoms with Crippen molar-refractivity contribution in [3.63, 3.8) is 0 Å². The molecular formula is C18H19BrN4O. The lowest BCUT2D eigenvalue weighted by molar-refractivity contribution is 0.0920. The van der Waals surface area contributed by atoms with Crippen molar-refractivity contribution in [1.82, 2.24) is 20.3 Å². The predicted octanol–water partition coefficient (Wildman–Crippen LogP) is 4.24. The van der Waals surface area contributed by atoms with E-state index in [2.05, 4.69) is 50.0 Å². The third-order valence-electron chi connectivity index (χ3n) is 4.17. The van der Waals surface area contributed by atoms with E-state index in [-0.39, 0.29) is 17.9 Å². The highest BCUT2D eigenvalue weighted by molar-refractivity contribution is 9.10. The van der Waals surface area contributed by atoms with Gasteiger partial charge in [-0.1, -0.05) is 32.4 Å². The molecule has 124 valence electrons. The first-order chi connectivity index (χ1) is 11.6. The van der Waals surface area contributed by atoms with Crippen LogP contribution in [0.3, 0.4) is 0 Å². The molecule has 0 aliphatic rings. The van der Waals surface area contributed by atoms with Crippen LogP contribution < -0.4 is 5.32 Å². The van der Waals surface area contributed by atoms with Crippen molar-refractivity contribution in [1.29, 1.82) is 0 Å². The molecule has 24 heavy (non-hydrogen) atoms. The summed E-state index contributed by atoms with van der Waals surface area (Å²) in [4.78, 5) is 24.6. The van der Waals surface area contributed by atoms with Gasteiger partial charge in [-0.15, -0.1) is 0 Å². The number of fused-ring (bicyclic) bond motifs is 1. The number of benzene rings is 1. The standard InChI is InChI=1S/C18H19BrN4O/c1-3-11(2)16(17-21-14-6-4-5-7-15(14)22-17)23-18(24)12-8-13(19)10-20-9-12/h4-11,16H,3H2,1-2H3,(H,21,22)(H,23,24)/t11-,16+/m0/s1. The molecule has 0 radical (unpaired) electrons. The van der Waals surface area contributed by atoms with Crippen LogP contribution in [-0.2, 0) is 0 Å². The second-order valence-electron chi connectivity index (χ2n) is 5.87. The number of halogens is 1. The number of hydrogen-bond acceptors (Lipinski definition) is 3. The number of amides is 1. The predicted molar refractivity (Wildman–Crippen MR) is 97.7 cm³/mol. The van der Waals surface area contributed by atoms with Gasteiger partial charge >= 0.3 is 0 Å². The van der Waals surface area contributed by atoms with Crippen molar-refractivity contribution in [2.75, 3.05) is 0 Å². The van der Waals surface area contributed by atoms with Crippen LogP contribution in [-0.4, -0.2) is 20.9 Å². The number of pyridine rings is 1. The molecule has 3 rings (SSSR count). The van der Waals surface area contributed by atoms with E-state index in [1.165, 1.54) is 0 Å². The average molecular weight is 387 g/mol. The maximum absolute atomic E-state index is 12.6. The van der Waals surface area contributed by atoms with Crippen LogP contribution in [0.4, 0.5) is 0 Å². The van der Waals surface area contributed by atoms with Gasteiger partial charge in [0.1, 0.15) is 5.82 Å². The zero-order valence-corrected chi connectivity index (χ0v) is 15.2. The van der Waals surface area contributed by atoms with E-state index in [1.807, 2.05) is 24.3 Å². The van der Waals surface area contributed by atoms with E-state index in [0.717, 1.165) is 27.8 Å². The fraction of sp³-hybridized carbons (Fsp3) is 0.278. The van der Waals surface area contributed by atoms with Crippen LogP contribution in [0.15, 0.2) is 47.2 Å². The van der Waals surface area contributed by atoms with Crippen molar-refractivity contribution in [3.05, 3.63) is 58.6 Å². The van der Waals surface area contributed by atoms with Crippen LogP contribution in [0.2, 0.25) is 0 Å². The van der Waals surface area contributed by atoms with Gasteiger partial charge in [-0.3, -0.25) is 9.78 Å². The zero-order chi connectivity index (χ0) is 17.1. The molecule has 0 saturated heterocycles. The molecule has 3 aromatic rings. The monoisotopic (exact) mass is 386 g/mol. The molecule has 0 fully saturated rings. The second kappa shape index (κ2) is 7.13. The second-order valence-corrected chi connectivity index (χ2v) is 6.78. The molecule has 0 unspecified atom stereocenters. The van der Waals surface area contributed by atoms with Gasteiger partial charge in [-0.2, -0.15) is 0 Å². The van der Waals surface area contributed by atoms with E-state index >= 15 is 0 Å². The fourth-order valence-corrected chi connectivity index (χ4v) is 2.96. The molecule has 2 heterocycles. The summed E-state index contributed by atoms with van der Waals surface area (Å²) in [5.41, 5.74) is 2.40. The highest BCUT2D eigenvalue weighted by Gasteiger charge is 2.24. The Morgan fingerprint density at radius 2 is 2.12 bits per heavy atom. The van der Waals surface area contributed by atoms with Crippen LogP contribution >= 0.6 is 15.9 Å². The van der Waals surface area contributed by atoms with Gasteiger partial charge in [0.05, 0.1) is 22.6 Å². The maximum Gasteiger partial charge on any atom is 0.253 e. The van der Waals surface area contributed by atoms with Gasteiger partial charge < -0.3 is 10.3 Å². The van der Waals surface area contributed by atoms with Crippen molar-refractivity contribution >= 4 is 32.9 Å². The van der Waals surface area contributed by atoms with Crippen LogP contribution in [0.25, 0.3) is 11.0 Å². The summed E-state index contributed by atoms with van der Waals surface area (Å²) >= 11 is 3.35. The molecule has 0 saturated carbocycles. The Hall–Kier alpha value is -2.21. The van der Waals surface area contributed by atoms with E-state index in [0.29, 0.717) is 5.56 Å². The van der Waals surface area contributed by atoms with Gasteiger partial charge in [-0.05, 0) is 40.0 Å². The molecule has 1 aromatic carbocycles. The third kappa shape index (κ3) is 3.48. The average Bonchev–Trinajstić information content (AvgIpc) is 3.02. The summed E-state index contributed by atoms with van der Waals surface area (Å²) in [5, 5.41) is 3.09. The molecule has 0 aliphatic heterocycles. The van der Waals surface area contributed by atoms with E-state index in [9.17, 15) is 4.79 Å². The fourth-order valence-electron chi connectivity index (χ4n) is 2.60. The Balaban J connectivity index is 1.90. The van der Waals surface area contributed by atoms with Gasteiger partial charge in [-0.25, -0.2) is 4.98 Å². The molecule has 2 atom stereocenters. The van der Waals surface area contributed by atoms with E-state index in [1.54, 1.807) is 18.5 Å². The van der Waals surface area contributed by atoms with E-state index in [4.69, 9.17) is 0 Å². The normalized spacial score (nSPS) is 13.6. The number of H-pyrrole nitrogens is 1.